The van der Waals surface area contributed by atoms with Gasteiger partial charge < -0.3 is 15.5 Å². The molecule has 8 nitrogen and oxygen atoms in total. The van der Waals surface area contributed by atoms with Gasteiger partial charge in [0.1, 0.15) is 0 Å². The highest BCUT2D eigenvalue weighted by atomic mass is 32.2. The Morgan fingerprint density at radius 2 is 1.38 bits per heavy atom. The van der Waals surface area contributed by atoms with Crippen molar-refractivity contribution in [2.45, 2.75) is 0 Å². The minimum absolute atomic E-state index is 0.0831. The number of nitrogens with one attached hydrogen (secondary N) is 2. The first-order valence-corrected chi connectivity index (χ1v) is 14.1. The quantitative estimate of drug-likeness (QED) is 0.352. The normalized spacial score (nSPS) is 12.4. The molecule has 39 heavy (non-hydrogen) atoms. The van der Waals surface area contributed by atoms with Crippen LogP contribution in [0, 0.1) is 0 Å². The number of hydrogen-bond acceptors (Lipinski definition) is 5. The maximum Gasteiger partial charge on any atom is 0.257 e. The molecule has 0 saturated carbocycles. The van der Waals surface area contributed by atoms with E-state index in [1.807, 2.05) is 60.7 Å². The van der Waals surface area contributed by atoms with Crippen molar-refractivity contribution < 1.29 is 18.0 Å². The molecule has 2 N–H and O–H groups in total. The molecule has 1 heterocycles. The Morgan fingerprint density at radius 1 is 0.692 bits per heavy atom. The summed E-state index contributed by atoms with van der Waals surface area (Å²) < 4.78 is 25.7. The molecule has 9 heteroatoms. The van der Waals surface area contributed by atoms with Crippen molar-refractivity contribution >= 4 is 44.6 Å². The fraction of sp³-hybridized carbons (Fsp3) is 0.133. The van der Waals surface area contributed by atoms with Crippen molar-refractivity contribution in [2.75, 3.05) is 42.3 Å². The standard InChI is InChI=1S/C30H28N4O4S/c1-33(2)30(36)22-9-7-8-19(16-22)20-13-15-25-27(17-20)31-26-18-21(12-14-24(26)29(35)32-25)23-10-5-6-11-28(23)34(3)39(4,37)38/h5-18,31H,1-4H3,(H,32,35). The molecule has 1 aliphatic heterocycles. The molecule has 0 bridgehead atoms. The highest BCUT2D eigenvalue weighted by Crippen LogP contribution is 2.39. The van der Waals surface area contributed by atoms with Crippen LogP contribution >= 0.6 is 0 Å². The monoisotopic (exact) mass is 540 g/mol. The molecule has 1 aliphatic rings. The van der Waals surface area contributed by atoms with E-state index in [1.165, 1.54) is 16.3 Å². The average molecular weight is 541 g/mol. The molecule has 0 fully saturated rings. The second-order valence-corrected chi connectivity index (χ2v) is 11.6. The average Bonchev–Trinajstić information content (AvgIpc) is 3.06. The van der Waals surface area contributed by atoms with Gasteiger partial charge in [-0.2, -0.15) is 0 Å². The molecule has 5 rings (SSSR count). The Hall–Kier alpha value is -4.63. The summed E-state index contributed by atoms with van der Waals surface area (Å²) in [5.74, 6) is -0.337. The maximum atomic E-state index is 13.1. The van der Waals surface area contributed by atoms with Gasteiger partial charge in [0.05, 0.1) is 34.6 Å². The van der Waals surface area contributed by atoms with Crippen LogP contribution in [0.5, 0.6) is 0 Å². The highest BCUT2D eigenvalue weighted by Gasteiger charge is 2.22. The van der Waals surface area contributed by atoms with E-state index in [-0.39, 0.29) is 11.8 Å². The number of para-hydroxylation sites is 1. The van der Waals surface area contributed by atoms with Gasteiger partial charge in [0.2, 0.25) is 10.0 Å². The molecule has 0 spiro atoms. The number of amides is 2. The number of sulfonamides is 1. The summed E-state index contributed by atoms with van der Waals surface area (Å²) >= 11 is 0. The molecule has 2 amide bonds. The summed E-state index contributed by atoms with van der Waals surface area (Å²) in [5, 5.41) is 6.36. The van der Waals surface area contributed by atoms with Crippen molar-refractivity contribution in [3.8, 4) is 22.3 Å². The van der Waals surface area contributed by atoms with Crippen LogP contribution in [0.3, 0.4) is 0 Å². The molecule has 0 unspecified atom stereocenters. The molecule has 0 saturated heterocycles. The van der Waals surface area contributed by atoms with Gasteiger partial charge in [0.25, 0.3) is 11.8 Å². The Labute approximate surface area is 227 Å². The summed E-state index contributed by atoms with van der Waals surface area (Å²) in [4.78, 5) is 27.1. The Balaban J connectivity index is 1.56. The van der Waals surface area contributed by atoms with Gasteiger partial charge in [-0.25, -0.2) is 8.42 Å². The molecule has 0 aromatic heterocycles. The maximum absolute atomic E-state index is 13.1. The molecule has 0 atom stereocenters. The van der Waals surface area contributed by atoms with Crippen LogP contribution in [0.15, 0.2) is 84.9 Å². The lowest BCUT2D eigenvalue weighted by Gasteiger charge is -2.21. The Morgan fingerprint density at radius 3 is 2.13 bits per heavy atom. The topological polar surface area (TPSA) is 98.8 Å². The van der Waals surface area contributed by atoms with E-state index in [0.717, 1.165) is 28.5 Å². The van der Waals surface area contributed by atoms with E-state index < -0.39 is 10.0 Å². The lowest BCUT2D eigenvalue weighted by molar-refractivity contribution is 0.0827. The number of anilines is 4. The smallest absolute Gasteiger partial charge is 0.257 e. The first kappa shape index (κ1) is 26.0. The fourth-order valence-corrected chi connectivity index (χ4v) is 5.06. The molecule has 0 radical (unpaired) electrons. The lowest BCUT2D eigenvalue weighted by Crippen LogP contribution is -2.25. The van der Waals surface area contributed by atoms with E-state index in [9.17, 15) is 18.0 Å². The van der Waals surface area contributed by atoms with E-state index in [4.69, 9.17) is 0 Å². The molecule has 4 aromatic carbocycles. The number of carbonyl (C=O) groups is 2. The number of nitrogens with zero attached hydrogens (tertiary/aromatic N) is 2. The van der Waals surface area contributed by atoms with Crippen LogP contribution in [0.4, 0.5) is 22.7 Å². The van der Waals surface area contributed by atoms with Crippen LogP contribution in [0.25, 0.3) is 22.3 Å². The molecule has 4 aromatic rings. The van der Waals surface area contributed by atoms with Gasteiger partial charge in [-0.3, -0.25) is 13.9 Å². The van der Waals surface area contributed by atoms with Crippen molar-refractivity contribution in [3.63, 3.8) is 0 Å². The minimum atomic E-state index is -3.47. The van der Waals surface area contributed by atoms with Crippen LogP contribution in [0.2, 0.25) is 0 Å². The van der Waals surface area contributed by atoms with Crippen LogP contribution < -0.4 is 14.9 Å². The third-order valence-corrected chi connectivity index (χ3v) is 7.89. The van der Waals surface area contributed by atoms with Crippen LogP contribution in [-0.4, -0.2) is 52.5 Å². The predicted octanol–water partition coefficient (Wildman–Crippen LogP) is 5.43. The SMILES string of the molecule is CN(C)C(=O)c1cccc(-c2ccc3c(c2)Nc2cc(-c4ccccc4N(C)S(C)(=O)=O)ccc2C(=O)N3)c1. The summed E-state index contributed by atoms with van der Waals surface area (Å²) in [6.45, 7) is 0. The molecular formula is C30H28N4O4S. The van der Waals surface area contributed by atoms with Crippen LogP contribution in [-0.2, 0) is 10.0 Å². The summed E-state index contributed by atoms with van der Waals surface area (Å²) in [6.07, 6.45) is 1.16. The zero-order valence-electron chi connectivity index (χ0n) is 22.0. The Kier molecular flexibility index (Phi) is 6.61. The molecular weight excluding hydrogens is 512 g/mol. The van der Waals surface area contributed by atoms with E-state index in [2.05, 4.69) is 10.6 Å². The van der Waals surface area contributed by atoms with E-state index >= 15 is 0 Å². The van der Waals surface area contributed by atoms with Crippen molar-refractivity contribution in [3.05, 3.63) is 96.1 Å². The first-order chi connectivity index (χ1) is 18.5. The second-order valence-electron chi connectivity index (χ2n) is 9.63. The van der Waals surface area contributed by atoms with Gasteiger partial charge in [0.15, 0.2) is 0 Å². The molecule has 0 aliphatic carbocycles. The third-order valence-electron chi connectivity index (χ3n) is 6.70. The summed E-state index contributed by atoms with van der Waals surface area (Å²) in [7, 11) is 1.47. The second kappa shape index (κ2) is 9.92. The number of rotatable bonds is 5. The van der Waals surface area contributed by atoms with Crippen molar-refractivity contribution in [1.29, 1.82) is 0 Å². The van der Waals surface area contributed by atoms with Crippen molar-refractivity contribution in [2.24, 2.45) is 0 Å². The lowest BCUT2D eigenvalue weighted by atomic mass is 10.00. The van der Waals surface area contributed by atoms with Gasteiger partial charge in [0, 0.05) is 32.3 Å². The Bertz CT molecular complexity index is 1730. The highest BCUT2D eigenvalue weighted by molar-refractivity contribution is 7.92. The number of benzene rings is 4. The number of hydrogen-bond donors (Lipinski definition) is 2. The fourth-order valence-electron chi connectivity index (χ4n) is 4.55. The van der Waals surface area contributed by atoms with Gasteiger partial charge in [-0.05, 0) is 59.2 Å². The zero-order chi connectivity index (χ0) is 27.9. The van der Waals surface area contributed by atoms with Gasteiger partial charge in [-0.15, -0.1) is 0 Å². The van der Waals surface area contributed by atoms with E-state index in [1.54, 1.807) is 38.4 Å². The first-order valence-electron chi connectivity index (χ1n) is 12.2. The zero-order valence-corrected chi connectivity index (χ0v) is 22.8. The molecule has 198 valence electrons. The predicted molar refractivity (Wildman–Crippen MR) is 156 cm³/mol. The van der Waals surface area contributed by atoms with Crippen LogP contribution in [0.1, 0.15) is 20.7 Å². The van der Waals surface area contributed by atoms with Gasteiger partial charge in [-0.1, -0.05) is 42.5 Å². The summed E-state index contributed by atoms with van der Waals surface area (Å²) in [5.41, 5.74) is 6.72. The number of fused-ring (bicyclic) bond motifs is 2. The van der Waals surface area contributed by atoms with Gasteiger partial charge >= 0.3 is 0 Å². The minimum Gasteiger partial charge on any atom is -0.353 e. The van der Waals surface area contributed by atoms with E-state index in [0.29, 0.717) is 33.9 Å². The number of carbonyl (C=O) groups excluding carboxylic acids is 2. The van der Waals surface area contributed by atoms with Crippen molar-refractivity contribution in [1.82, 2.24) is 4.90 Å². The largest absolute Gasteiger partial charge is 0.353 e. The third kappa shape index (κ3) is 5.08. The summed E-state index contributed by atoms with van der Waals surface area (Å²) in [6, 6.07) is 25.7.